The SMILES string of the molecule is CCC(=O)c1cccc(-c2ccc(Cl)cc2Cl)c1. The highest BCUT2D eigenvalue weighted by Gasteiger charge is 2.07. The first-order chi connectivity index (χ1) is 8.61. The Morgan fingerprint density at radius 1 is 1.11 bits per heavy atom. The maximum Gasteiger partial charge on any atom is 0.162 e. The van der Waals surface area contributed by atoms with Crippen molar-refractivity contribution < 1.29 is 4.79 Å². The molecule has 0 aromatic heterocycles. The van der Waals surface area contributed by atoms with Crippen molar-refractivity contribution >= 4 is 29.0 Å². The van der Waals surface area contributed by atoms with Gasteiger partial charge in [0.25, 0.3) is 0 Å². The highest BCUT2D eigenvalue weighted by Crippen LogP contribution is 2.30. The Morgan fingerprint density at radius 2 is 1.89 bits per heavy atom. The number of carbonyl (C=O) groups excluding carboxylic acids is 1. The molecule has 0 aliphatic rings. The van der Waals surface area contributed by atoms with E-state index in [-0.39, 0.29) is 5.78 Å². The van der Waals surface area contributed by atoms with E-state index in [1.54, 1.807) is 12.1 Å². The van der Waals surface area contributed by atoms with E-state index in [2.05, 4.69) is 0 Å². The second-order valence-corrected chi connectivity index (χ2v) is 4.83. The number of ketones is 1. The minimum atomic E-state index is 0.127. The topological polar surface area (TPSA) is 17.1 Å². The lowest BCUT2D eigenvalue weighted by Gasteiger charge is -2.06. The average molecular weight is 279 g/mol. The predicted octanol–water partition coefficient (Wildman–Crippen LogP) is 5.25. The smallest absolute Gasteiger partial charge is 0.162 e. The summed E-state index contributed by atoms with van der Waals surface area (Å²) in [6.45, 7) is 1.85. The van der Waals surface area contributed by atoms with Crippen LogP contribution in [0.15, 0.2) is 42.5 Å². The van der Waals surface area contributed by atoms with E-state index in [1.165, 1.54) is 0 Å². The Labute approximate surface area is 116 Å². The zero-order chi connectivity index (χ0) is 13.1. The molecule has 3 heteroatoms. The van der Waals surface area contributed by atoms with Crippen molar-refractivity contribution in [1.29, 1.82) is 0 Å². The van der Waals surface area contributed by atoms with E-state index >= 15 is 0 Å². The number of Topliss-reactive ketones (excluding diaryl/α,β-unsaturated/α-hetero) is 1. The summed E-state index contributed by atoms with van der Waals surface area (Å²) in [5.41, 5.74) is 2.52. The van der Waals surface area contributed by atoms with Crippen LogP contribution in [-0.4, -0.2) is 5.78 Å². The summed E-state index contributed by atoms with van der Waals surface area (Å²) in [5, 5.41) is 1.19. The van der Waals surface area contributed by atoms with Crippen LogP contribution in [0.4, 0.5) is 0 Å². The quantitative estimate of drug-likeness (QED) is 0.701. The molecule has 0 saturated heterocycles. The molecule has 0 aliphatic heterocycles. The Morgan fingerprint density at radius 3 is 2.56 bits per heavy atom. The zero-order valence-corrected chi connectivity index (χ0v) is 11.4. The number of rotatable bonds is 3. The van der Waals surface area contributed by atoms with Crippen molar-refractivity contribution in [3.8, 4) is 11.1 Å². The molecule has 0 unspecified atom stereocenters. The van der Waals surface area contributed by atoms with Gasteiger partial charge >= 0.3 is 0 Å². The minimum absolute atomic E-state index is 0.127. The van der Waals surface area contributed by atoms with Gasteiger partial charge in [-0.25, -0.2) is 0 Å². The number of carbonyl (C=O) groups is 1. The summed E-state index contributed by atoms with van der Waals surface area (Å²) in [6, 6.07) is 12.8. The molecule has 0 radical (unpaired) electrons. The molecular formula is C15H12Cl2O. The van der Waals surface area contributed by atoms with Gasteiger partial charge in [0.05, 0.1) is 0 Å². The monoisotopic (exact) mass is 278 g/mol. The number of hydrogen-bond acceptors (Lipinski definition) is 1. The van der Waals surface area contributed by atoms with Gasteiger partial charge in [-0.1, -0.05) is 54.4 Å². The molecule has 2 rings (SSSR count). The van der Waals surface area contributed by atoms with Crippen LogP contribution < -0.4 is 0 Å². The standard InChI is InChI=1S/C15H12Cl2O/c1-2-15(18)11-5-3-4-10(8-11)13-7-6-12(16)9-14(13)17/h3-9H,2H2,1H3. The van der Waals surface area contributed by atoms with Gasteiger partial charge < -0.3 is 0 Å². The van der Waals surface area contributed by atoms with Crippen molar-refractivity contribution in [2.24, 2.45) is 0 Å². The van der Waals surface area contributed by atoms with E-state index in [1.807, 2.05) is 37.3 Å². The molecule has 0 amide bonds. The molecule has 0 heterocycles. The van der Waals surface area contributed by atoms with Crippen molar-refractivity contribution in [2.75, 3.05) is 0 Å². The third kappa shape index (κ3) is 2.74. The highest BCUT2D eigenvalue weighted by atomic mass is 35.5. The van der Waals surface area contributed by atoms with E-state index in [9.17, 15) is 4.79 Å². The van der Waals surface area contributed by atoms with E-state index < -0.39 is 0 Å². The lowest BCUT2D eigenvalue weighted by molar-refractivity contribution is 0.0988. The molecule has 0 N–H and O–H groups in total. The molecule has 18 heavy (non-hydrogen) atoms. The summed E-state index contributed by atoms with van der Waals surface area (Å²) < 4.78 is 0. The molecule has 92 valence electrons. The fourth-order valence-electron chi connectivity index (χ4n) is 1.79. The van der Waals surface area contributed by atoms with Crippen LogP contribution >= 0.6 is 23.2 Å². The first kappa shape index (κ1) is 13.1. The second kappa shape index (κ2) is 5.55. The van der Waals surface area contributed by atoms with E-state index in [0.29, 0.717) is 22.0 Å². The molecule has 0 saturated carbocycles. The summed E-state index contributed by atoms with van der Waals surface area (Å²) in [5.74, 6) is 0.127. The first-order valence-electron chi connectivity index (χ1n) is 5.70. The van der Waals surface area contributed by atoms with Crippen LogP contribution in [0.5, 0.6) is 0 Å². The third-order valence-electron chi connectivity index (χ3n) is 2.75. The van der Waals surface area contributed by atoms with E-state index in [0.717, 1.165) is 11.1 Å². The molecule has 1 nitrogen and oxygen atoms in total. The zero-order valence-electron chi connectivity index (χ0n) is 9.91. The van der Waals surface area contributed by atoms with Crippen molar-refractivity contribution in [1.82, 2.24) is 0 Å². The first-order valence-corrected chi connectivity index (χ1v) is 6.46. The number of hydrogen-bond donors (Lipinski definition) is 0. The molecule has 0 fully saturated rings. The van der Waals surface area contributed by atoms with Gasteiger partial charge in [-0.15, -0.1) is 0 Å². The fourth-order valence-corrected chi connectivity index (χ4v) is 2.31. The Bertz CT molecular complexity index is 591. The normalized spacial score (nSPS) is 10.4. The molecule has 0 atom stereocenters. The Hall–Kier alpha value is -1.31. The highest BCUT2D eigenvalue weighted by molar-refractivity contribution is 6.36. The van der Waals surface area contributed by atoms with Crippen molar-refractivity contribution in [2.45, 2.75) is 13.3 Å². The molecule has 0 spiro atoms. The van der Waals surface area contributed by atoms with Gasteiger partial charge in [-0.3, -0.25) is 4.79 Å². The van der Waals surface area contributed by atoms with Gasteiger partial charge in [0.15, 0.2) is 5.78 Å². The maximum absolute atomic E-state index is 11.7. The molecule has 0 bridgehead atoms. The van der Waals surface area contributed by atoms with Crippen molar-refractivity contribution in [3.63, 3.8) is 0 Å². The lowest BCUT2D eigenvalue weighted by Crippen LogP contribution is -1.96. The van der Waals surface area contributed by atoms with Crippen LogP contribution in [-0.2, 0) is 0 Å². The van der Waals surface area contributed by atoms with E-state index in [4.69, 9.17) is 23.2 Å². The lowest BCUT2D eigenvalue weighted by atomic mass is 10.0. The second-order valence-electron chi connectivity index (χ2n) is 3.98. The minimum Gasteiger partial charge on any atom is -0.294 e. The Balaban J connectivity index is 2.48. The van der Waals surface area contributed by atoms with Gasteiger partial charge in [0, 0.05) is 27.6 Å². The number of benzene rings is 2. The third-order valence-corrected chi connectivity index (χ3v) is 3.30. The summed E-state index contributed by atoms with van der Waals surface area (Å²) in [6.07, 6.45) is 0.498. The largest absolute Gasteiger partial charge is 0.294 e. The summed E-state index contributed by atoms with van der Waals surface area (Å²) >= 11 is 12.0. The molecule has 2 aromatic rings. The summed E-state index contributed by atoms with van der Waals surface area (Å²) in [7, 11) is 0. The number of halogens is 2. The predicted molar refractivity (Wildman–Crippen MR) is 76.5 cm³/mol. The van der Waals surface area contributed by atoms with Crippen LogP contribution in [0, 0.1) is 0 Å². The van der Waals surface area contributed by atoms with Gasteiger partial charge in [0.1, 0.15) is 0 Å². The average Bonchev–Trinajstić information content (AvgIpc) is 2.38. The van der Waals surface area contributed by atoms with Gasteiger partial charge in [-0.05, 0) is 23.8 Å². The fraction of sp³-hybridized carbons (Fsp3) is 0.133. The van der Waals surface area contributed by atoms with Crippen molar-refractivity contribution in [3.05, 3.63) is 58.1 Å². The molecular weight excluding hydrogens is 267 g/mol. The van der Waals surface area contributed by atoms with Crippen LogP contribution in [0.3, 0.4) is 0 Å². The van der Waals surface area contributed by atoms with Crippen LogP contribution in [0.1, 0.15) is 23.7 Å². The Kier molecular flexibility index (Phi) is 4.05. The van der Waals surface area contributed by atoms with Crippen LogP contribution in [0.2, 0.25) is 10.0 Å². The molecule has 0 aliphatic carbocycles. The molecule has 2 aromatic carbocycles. The van der Waals surface area contributed by atoms with Gasteiger partial charge in [0.2, 0.25) is 0 Å². The van der Waals surface area contributed by atoms with Gasteiger partial charge in [-0.2, -0.15) is 0 Å². The maximum atomic E-state index is 11.7. The summed E-state index contributed by atoms with van der Waals surface area (Å²) in [4.78, 5) is 11.7. The van der Waals surface area contributed by atoms with Crippen LogP contribution in [0.25, 0.3) is 11.1 Å².